The molecule has 2 aromatic rings. The highest BCUT2D eigenvalue weighted by Gasteiger charge is 2.32. The van der Waals surface area contributed by atoms with Crippen molar-refractivity contribution in [3.05, 3.63) is 42.2 Å². The van der Waals surface area contributed by atoms with E-state index in [4.69, 9.17) is 0 Å². The molecule has 1 fully saturated rings. The number of anilines is 1. The van der Waals surface area contributed by atoms with Gasteiger partial charge < -0.3 is 4.90 Å². The van der Waals surface area contributed by atoms with Crippen molar-refractivity contribution in [3.63, 3.8) is 0 Å². The van der Waals surface area contributed by atoms with Gasteiger partial charge in [0.1, 0.15) is 6.33 Å². The first-order valence-corrected chi connectivity index (χ1v) is 6.41. The second kappa shape index (κ2) is 4.44. The van der Waals surface area contributed by atoms with Crippen molar-refractivity contribution in [2.45, 2.75) is 19.4 Å². The van der Waals surface area contributed by atoms with Crippen molar-refractivity contribution in [1.82, 2.24) is 14.8 Å². The molecule has 0 spiro atoms. The minimum Gasteiger partial charge on any atom is -0.334 e. The van der Waals surface area contributed by atoms with Crippen molar-refractivity contribution in [2.75, 3.05) is 11.4 Å². The Morgan fingerprint density at radius 1 is 1.22 bits per heavy atom. The fourth-order valence-corrected chi connectivity index (χ4v) is 2.81. The van der Waals surface area contributed by atoms with E-state index in [0.717, 1.165) is 12.5 Å². The Kier molecular flexibility index (Phi) is 2.78. The Morgan fingerprint density at radius 2 is 2.00 bits per heavy atom. The summed E-state index contributed by atoms with van der Waals surface area (Å²) in [5.41, 5.74) is 1.37. The molecule has 1 saturated heterocycles. The molecule has 2 heterocycles. The molecular formula is C14H18N4. The fourth-order valence-electron chi connectivity index (χ4n) is 2.81. The van der Waals surface area contributed by atoms with E-state index in [9.17, 15) is 0 Å². The molecule has 4 heteroatoms. The number of benzene rings is 1. The molecule has 0 N–H and O–H groups in total. The maximum atomic E-state index is 4.39. The highest BCUT2D eigenvalue weighted by atomic mass is 15.4. The van der Waals surface area contributed by atoms with Gasteiger partial charge in [0.15, 0.2) is 0 Å². The van der Waals surface area contributed by atoms with Gasteiger partial charge in [-0.2, -0.15) is 10.1 Å². The first-order chi connectivity index (χ1) is 8.75. The van der Waals surface area contributed by atoms with Crippen LogP contribution in [0.4, 0.5) is 5.95 Å². The number of rotatable bonds is 2. The van der Waals surface area contributed by atoms with Crippen LogP contribution in [-0.2, 0) is 7.05 Å². The van der Waals surface area contributed by atoms with Crippen LogP contribution in [0.25, 0.3) is 0 Å². The fraction of sp³-hybridized carbons (Fsp3) is 0.429. The molecule has 0 bridgehead atoms. The highest BCUT2D eigenvalue weighted by Crippen LogP contribution is 2.37. The van der Waals surface area contributed by atoms with Gasteiger partial charge in [-0.3, -0.25) is 0 Å². The van der Waals surface area contributed by atoms with E-state index < -0.39 is 0 Å². The SMILES string of the molecule is CC1CC(c2ccccc2)N(c2ncnn2C)C1. The van der Waals surface area contributed by atoms with Crippen LogP contribution in [0.2, 0.25) is 0 Å². The zero-order chi connectivity index (χ0) is 12.5. The Bertz CT molecular complexity index is 520. The molecule has 0 saturated carbocycles. The van der Waals surface area contributed by atoms with E-state index in [1.807, 2.05) is 11.7 Å². The zero-order valence-corrected chi connectivity index (χ0v) is 10.8. The van der Waals surface area contributed by atoms with Crippen LogP contribution >= 0.6 is 0 Å². The molecule has 0 amide bonds. The van der Waals surface area contributed by atoms with Crippen molar-refractivity contribution in [3.8, 4) is 0 Å². The summed E-state index contributed by atoms with van der Waals surface area (Å²) in [4.78, 5) is 6.75. The molecule has 1 aliphatic heterocycles. The summed E-state index contributed by atoms with van der Waals surface area (Å²) in [6, 6.07) is 11.1. The number of aryl methyl sites for hydroxylation is 1. The average molecular weight is 242 g/mol. The summed E-state index contributed by atoms with van der Waals surface area (Å²) in [5, 5.41) is 4.18. The van der Waals surface area contributed by atoms with Gasteiger partial charge in [0.25, 0.3) is 0 Å². The lowest BCUT2D eigenvalue weighted by Gasteiger charge is -2.25. The third-order valence-corrected chi connectivity index (χ3v) is 3.64. The van der Waals surface area contributed by atoms with Crippen LogP contribution in [0, 0.1) is 5.92 Å². The van der Waals surface area contributed by atoms with Crippen LogP contribution in [0.1, 0.15) is 24.9 Å². The largest absolute Gasteiger partial charge is 0.334 e. The minimum atomic E-state index is 0.420. The average Bonchev–Trinajstić information content (AvgIpc) is 2.96. The number of hydrogen-bond acceptors (Lipinski definition) is 3. The Hall–Kier alpha value is -1.84. The standard InChI is InChI=1S/C14H18N4/c1-11-8-13(12-6-4-3-5-7-12)18(9-11)14-15-10-16-17(14)2/h3-7,10-11,13H,8-9H2,1-2H3. The molecule has 1 aliphatic rings. The maximum absolute atomic E-state index is 4.39. The van der Waals surface area contributed by atoms with Gasteiger partial charge in [-0.15, -0.1) is 0 Å². The summed E-state index contributed by atoms with van der Waals surface area (Å²) < 4.78 is 1.86. The highest BCUT2D eigenvalue weighted by molar-refractivity contribution is 5.38. The van der Waals surface area contributed by atoms with Crippen LogP contribution in [-0.4, -0.2) is 21.3 Å². The van der Waals surface area contributed by atoms with Gasteiger partial charge in [0.2, 0.25) is 5.95 Å². The van der Waals surface area contributed by atoms with Crippen molar-refractivity contribution >= 4 is 5.95 Å². The van der Waals surface area contributed by atoms with Crippen LogP contribution in [0.3, 0.4) is 0 Å². The topological polar surface area (TPSA) is 34.0 Å². The van der Waals surface area contributed by atoms with E-state index in [1.54, 1.807) is 6.33 Å². The Morgan fingerprint density at radius 3 is 2.67 bits per heavy atom. The summed E-state index contributed by atoms with van der Waals surface area (Å²) in [6.07, 6.45) is 2.80. The lowest BCUT2D eigenvalue weighted by atomic mass is 10.0. The van der Waals surface area contributed by atoms with Gasteiger partial charge in [-0.1, -0.05) is 37.3 Å². The molecular weight excluding hydrogens is 224 g/mol. The summed E-state index contributed by atoms with van der Waals surface area (Å²) >= 11 is 0. The van der Waals surface area contributed by atoms with Crippen molar-refractivity contribution < 1.29 is 0 Å². The molecule has 2 unspecified atom stereocenters. The van der Waals surface area contributed by atoms with Gasteiger partial charge in [0, 0.05) is 13.6 Å². The lowest BCUT2D eigenvalue weighted by Crippen LogP contribution is -2.26. The summed E-state index contributed by atoms with van der Waals surface area (Å²) in [6.45, 7) is 3.35. The maximum Gasteiger partial charge on any atom is 0.224 e. The molecule has 1 aromatic heterocycles. The van der Waals surface area contributed by atoms with Crippen molar-refractivity contribution in [2.24, 2.45) is 13.0 Å². The minimum absolute atomic E-state index is 0.420. The molecule has 18 heavy (non-hydrogen) atoms. The number of aromatic nitrogens is 3. The van der Waals surface area contributed by atoms with E-state index in [0.29, 0.717) is 12.0 Å². The zero-order valence-electron chi connectivity index (χ0n) is 10.8. The van der Waals surface area contributed by atoms with E-state index in [2.05, 4.69) is 52.2 Å². The molecule has 1 aromatic carbocycles. The first-order valence-electron chi connectivity index (χ1n) is 6.41. The van der Waals surface area contributed by atoms with Gasteiger partial charge in [-0.05, 0) is 17.9 Å². The summed E-state index contributed by atoms with van der Waals surface area (Å²) in [5.74, 6) is 1.65. The molecule has 4 nitrogen and oxygen atoms in total. The van der Waals surface area contributed by atoms with Crippen LogP contribution in [0.5, 0.6) is 0 Å². The smallest absolute Gasteiger partial charge is 0.224 e. The van der Waals surface area contributed by atoms with Crippen molar-refractivity contribution in [1.29, 1.82) is 0 Å². The summed E-state index contributed by atoms with van der Waals surface area (Å²) in [7, 11) is 1.95. The second-order valence-electron chi connectivity index (χ2n) is 5.10. The van der Waals surface area contributed by atoms with E-state index in [-0.39, 0.29) is 0 Å². The van der Waals surface area contributed by atoms with Crippen LogP contribution < -0.4 is 4.90 Å². The van der Waals surface area contributed by atoms with E-state index in [1.165, 1.54) is 12.0 Å². The molecule has 0 radical (unpaired) electrons. The van der Waals surface area contributed by atoms with E-state index >= 15 is 0 Å². The first kappa shape index (κ1) is 11.3. The van der Waals surface area contributed by atoms with Gasteiger partial charge in [0.05, 0.1) is 6.04 Å². The monoisotopic (exact) mass is 242 g/mol. The van der Waals surface area contributed by atoms with Crippen LogP contribution in [0.15, 0.2) is 36.7 Å². The quantitative estimate of drug-likeness (QED) is 0.811. The number of nitrogens with zero attached hydrogens (tertiary/aromatic N) is 4. The second-order valence-corrected chi connectivity index (χ2v) is 5.10. The lowest BCUT2D eigenvalue weighted by molar-refractivity contribution is 0.616. The van der Waals surface area contributed by atoms with Gasteiger partial charge in [-0.25, -0.2) is 4.68 Å². The third kappa shape index (κ3) is 1.88. The predicted octanol–water partition coefficient (Wildman–Crippen LogP) is 2.40. The molecule has 2 atom stereocenters. The molecule has 3 rings (SSSR count). The normalized spacial score (nSPS) is 23.6. The Balaban J connectivity index is 1.96. The third-order valence-electron chi connectivity index (χ3n) is 3.64. The molecule has 0 aliphatic carbocycles. The Labute approximate surface area is 107 Å². The molecule has 94 valence electrons. The number of hydrogen-bond donors (Lipinski definition) is 0. The van der Waals surface area contributed by atoms with Gasteiger partial charge >= 0.3 is 0 Å². The predicted molar refractivity (Wildman–Crippen MR) is 71.3 cm³/mol.